The van der Waals surface area contributed by atoms with Crippen LogP contribution in [-0.4, -0.2) is 6.54 Å². The first-order valence-corrected chi connectivity index (χ1v) is 7.95. The molecule has 108 valence electrons. The fourth-order valence-corrected chi connectivity index (χ4v) is 3.01. The van der Waals surface area contributed by atoms with Crippen molar-refractivity contribution in [1.29, 1.82) is 0 Å². The molecule has 1 N–H and O–H groups in total. The van der Waals surface area contributed by atoms with Crippen molar-refractivity contribution in [2.24, 2.45) is 0 Å². The molecule has 0 radical (unpaired) electrons. The average molecular weight is 357 g/mol. The summed E-state index contributed by atoms with van der Waals surface area (Å²) in [5, 5.41) is 4.32. The van der Waals surface area contributed by atoms with Crippen molar-refractivity contribution in [2.45, 2.75) is 33.2 Å². The molecular formula is C16H19BrClNO. The summed E-state index contributed by atoms with van der Waals surface area (Å²) in [6.07, 6.45) is 1.07. The van der Waals surface area contributed by atoms with E-state index in [4.69, 9.17) is 16.0 Å². The molecule has 0 spiro atoms. The van der Waals surface area contributed by atoms with Gasteiger partial charge in [0.25, 0.3) is 0 Å². The molecule has 20 heavy (non-hydrogen) atoms. The van der Waals surface area contributed by atoms with Crippen molar-refractivity contribution in [3.05, 3.63) is 56.4 Å². The molecule has 0 fully saturated rings. The monoisotopic (exact) mass is 355 g/mol. The van der Waals surface area contributed by atoms with Gasteiger partial charge in [-0.3, -0.25) is 0 Å². The van der Waals surface area contributed by atoms with Crippen LogP contribution in [0.2, 0.25) is 5.02 Å². The lowest BCUT2D eigenvalue weighted by atomic mass is 9.98. The second-order valence-corrected chi connectivity index (χ2v) is 6.21. The third kappa shape index (κ3) is 3.46. The van der Waals surface area contributed by atoms with Crippen LogP contribution < -0.4 is 5.32 Å². The highest BCUT2D eigenvalue weighted by Crippen LogP contribution is 2.33. The van der Waals surface area contributed by atoms with Crippen molar-refractivity contribution in [2.75, 3.05) is 6.54 Å². The lowest BCUT2D eigenvalue weighted by Gasteiger charge is -2.20. The van der Waals surface area contributed by atoms with E-state index in [0.717, 1.165) is 39.5 Å². The van der Waals surface area contributed by atoms with Crippen molar-refractivity contribution in [3.8, 4) is 0 Å². The van der Waals surface area contributed by atoms with Crippen LogP contribution in [0.25, 0.3) is 0 Å². The van der Waals surface area contributed by atoms with E-state index in [1.165, 1.54) is 5.56 Å². The highest BCUT2D eigenvalue weighted by molar-refractivity contribution is 9.10. The smallest absolute Gasteiger partial charge is 0.106 e. The first-order chi connectivity index (χ1) is 9.52. The standard InChI is InChI=1S/C16H19BrClNO/c1-4-7-19-16(13-8-10(2)20-11(13)3)14-9-12(18)5-6-15(14)17/h5-6,8-9,16,19H,4,7H2,1-3H3. The predicted octanol–water partition coefficient (Wildman–Crippen LogP) is 5.40. The Morgan fingerprint density at radius 1 is 1.25 bits per heavy atom. The third-order valence-electron chi connectivity index (χ3n) is 3.26. The zero-order chi connectivity index (χ0) is 14.7. The summed E-state index contributed by atoms with van der Waals surface area (Å²) in [5.41, 5.74) is 2.30. The first-order valence-electron chi connectivity index (χ1n) is 6.78. The molecule has 4 heteroatoms. The Balaban J connectivity index is 2.46. The van der Waals surface area contributed by atoms with Gasteiger partial charge >= 0.3 is 0 Å². The largest absolute Gasteiger partial charge is 0.466 e. The third-order valence-corrected chi connectivity index (χ3v) is 4.22. The number of nitrogens with one attached hydrogen (secondary N) is 1. The molecule has 1 heterocycles. The number of halogens is 2. The Morgan fingerprint density at radius 3 is 2.60 bits per heavy atom. The maximum Gasteiger partial charge on any atom is 0.106 e. The SMILES string of the molecule is CCCNC(c1cc(Cl)ccc1Br)c1cc(C)oc1C. The van der Waals surface area contributed by atoms with E-state index in [0.29, 0.717) is 0 Å². The van der Waals surface area contributed by atoms with Gasteiger partial charge in [0, 0.05) is 15.1 Å². The normalized spacial score (nSPS) is 12.7. The molecule has 1 aromatic heterocycles. The molecule has 2 rings (SSSR count). The number of rotatable bonds is 5. The molecule has 0 bridgehead atoms. The van der Waals surface area contributed by atoms with Gasteiger partial charge in [-0.15, -0.1) is 0 Å². The molecule has 1 unspecified atom stereocenters. The maximum absolute atomic E-state index is 6.16. The Hall–Kier alpha value is -0.770. The minimum absolute atomic E-state index is 0.0838. The van der Waals surface area contributed by atoms with Crippen LogP contribution in [0.5, 0.6) is 0 Å². The zero-order valence-electron chi connectivity index (χ0n) is 12.0. The molecule has 0 aliphatic carbocycles. The van der Waals surface area contributed by atoms with E-state index in [9.17, 15) is 0 Å². The second-order valence-electron chi connectivity index (χ2n) is 4.92. The van der Waals surface area contributed by atoms with Crippen LogP contribution in [0.15, 0.2) is 33.2 Å². The number of hydrogen-bond acceptors (Lipinski definition) is 2. The van der Waals surface area contributed by atoms with Gasteiger partial charge in [0.15, 0.2) is 0 Å². The topological polar surface area (TPSA) is 25.2 Å². The van der Waals surface area contributed by atoms with Crippen molar-refractivity contribution < 1.29 is 4.42 Å². The van der Waals surface area contributed by atoms with E-state index >= 15 is 0 Å². The minimum atomic E-state index is 0.0838. The summed E-state index contributed by atoms with van der Waals surface area (Å²) in [6, 6.07) is 8.05. The molecule has 1 aromatic carbocycles. The van der Waals surface area contributed by atoms with Crippen LogP contribution >= 0.6 is 27.5 Å². The molecule has 0 saturated carbocycles. The quantitative estimate of drug-likeness (QED) is 0.775. The number of aryl methyl sites for hydroxylation is 2. The van der Waals surface area contributed by atoms with E-state index in [1.807, 2.05) is 32.0 Å². The van der Waals surface area contributed by atoms with Gasteiger partial charge in [0.05, 0.1) is 6.04 Å². The van der Waals surface area contributed by atoms with Gasteiger partial charge in [-0.2, -0.15) is 0 Å². The van der Waals surface area contributed by atoms with E-state index in [1.54, 1.807) is 0 Å². The van der Waals surface area contributed by atoms with Crippen molar-refractivity contribution in [1.82, 2.24) is 5.32 Å². The van der Waals surface area contributed by atoms with Gasteiger partial charge in [-0.1, -0.05) is 34.5 Å². The fraction of sp³-hybridized carbons (Fsp3) is 0.375. The predicted molar refractivity (Wildman–Crippen MR) is 87.5 cm³/mol. The van der Waals surface area contributed by atoms with Crippen LogP contribution in [0.1, 0.15) is 42.0 Å². The minimum Gasteiger partial charge on any atom is -0.466 e. The molecular weight excluding hydrogens is 338 g/mol. The second kappa shape index (κ2) is 6.79. The van der Waals surface area contributed by atoms with Crippen LogP contribution in [0.3, 0.4) is 0 Å². The van der Waals surface area contributed by atoms with Gasteiger partial charge in [0.1, 0.15) is 11.5 Å². The van der Waals surface area contributed by atoms with Gasteiger partial charge in [-0.05, 0) is 56.6 Å². The molecule has 0 saturated heterocycles. The first kappa shape index (κ1) is 15.6. The molecule has 0 amide bonds. The number of hydrogen-bond donors (Lipinski definition) is 1. The average Bonchev–Trinajstić information content (AvgIpc) is 2.73. The summed E-state index contributed by atoms with van der Waals surface area (Å²) < 4.78 is 6.73. The Kier molecular flexibility index (Phi) is 5.30. The van der Waals surface area contributed by atoms with Gasteiger partial charge in [-0.25, -0.2) is 0 Å². The van der Waals surface area contributed by atoms with Crippen molar-refractivity contribution >= 4 is 27.5 Å². The highest BCUT2D eigenvalue weighted by Gasteiger charge is 2.21. The maximum atomic E-state index is 6.16. The fourth-order valence-electron chi connectivity index (χ4n) is 2.35. The van der Waals surface area contributed by atoms with Gasteiger partial charge in [0.2, 0.25) is 0 Å². The van der Waals surface area contributed by atoms with Crippen LogP contribution in [-0.2, 0) is 0 Å². The Bertz CT molecular complexity index is 594. The summed E-state index contributed by atoms with van der Waals surface area (Å²) in [6.45, 7) is 7.07. The van der Waals surface area contributed by atoms with Gasteiger partial charge < -0.3 is 9.73 Å². The summed E-state index contributed by atoms with van der Waals surface area (Å²) in [7, 11) is 0. The summed E-state index contributed by atoms with van der Waals surface area (Å²) in [5.74, 6) is 1.88. The summed E-state index contributed by atoms with van der Waals surface area (Å²) >= 11 is 9.78. The molecule has 2 nitrogen and oxygen atoms in total. The zero-order valence-corrected chi connectivity index (χ0v) is 14.3. The Labute approximate surface area is 133 Å². The molecule has 0 aliphatic heterocycles. The van der Waals surface area contributed by atoms with Crippen LogP contribution in [0.4, 0.5) is 0 Å². The lowest BCUT2D eigenvalue weighted by Crippen LogP contribution is -2.23. The Morgan fingerprint density at radius 2 is 2.00 bits per heavy atom. The molecule has 2 aromatic rings. The number of furan rings is 1. The molecule has 1 atom stereocenters. The van der Waals surface area contributed by atoms with E-state index < -0.39 is 0 Å². The van der Waals surface area contributed by atoms with Crippen LogP contribution in [0, 0.1) is 13.8 Å². The van der Waals surface area contributed by atoms with Crippen molar-refractivity contribution in [3.63, 3.8) is 0 Å². The highest BCUT2D eigenvalue weighted by atomic mass is 79.9. The van der Waals surface area contributed by atoms with E-state index in [-0.39, 0.29) is 6.04 Å². The summed E-state index contributed by atoms with van der Waals surface area (Å²) in [4.78, 5) is 0. The lowest BCUT2D eigenvalue weighted by molar-refractivity contribution is 0.493. The van der Waals surface area contributed by atoms with E-state index in [2.05, 4.69) is 34.2 Å². The number of benzene rings is 1. The molecule has 0 aliphatic rings.